The Morgan fingerprint density at radius 2 is 2.00 bits per heavy atom. The fourth-order valence-electron chi connectivity index (χ4n) is 2.24. The fourth-order valence-corrected chi connectivity index (χ4v) is 2.24. The molecule has 0 bridgehead atoms. The number of carboxylic acids is 1. The molecule has 0 saturated heterocycles. The molecule has 103 valence electrons. The minimum atomic E-state index is -0.871. The number of hydrogen-bond acceptors (Lipinski definition) is 2. The first-order valence-corrected chi connectivity index (χ1v) is 6.31. The van der Waals surface area contributed by atoms with Crippen LogP contribution in [0.5, 0.6) is 0 Å². The minimum Gasteiger partial charge on any atom is -0.481 e. The number of fused-ring (bicyclic) bond motifs is 1. The fraction of sp³-hybridized carbons (Fsp3) is 0.125. The molecule has 1 aromatic carbocycles. The van der Waals surface area contributed by atoms with Crippen molar-refractivity contribution < 1.29 is 42.6 Å². The third kappa shape index (κ3) is 3.22. The summed E-state index contributed by atoms with van der Waals surface area (Å²) in [5.74, 6) is -0.871. The molecule has 1 N–H and O–H groups in total. The van der Waals surface area contributed by atoms with Crippen LogP contribution >= 0.6 is 0 Å². The second kappa shape index (κ2) is 6.50. The molecular weight excluding hydrogens is 341 g/mol. The van der Waals surface area contributed by atoms with Crippen LogP contribution in [-0.2, 0) is 43.9 Å². The van der Waals surface area contributed by atoms with Crippen molar-refractivity contribution in [2.45, 2.75) is 13.3 Å². The van der Waals surface area contributed by atoms with E-state index in [2.05, 4.69) is 11.1 Å². The van der Waals surface area contributed by atoms with Gasteiger partial charge in [0.05, 0.1) is 23.5 Å². The van der Waals surface area contributed by atoms with Crippen molar-refractivity contribution in [2.24, 2.45) is 0 Å². The molecule has 0 saturated carbocycles. The number of benzene rings is 1. The van der Waals surface area contributed by atoms with Gasteiger partial charge in [0.1, 0.15) is 0 Å². The standard InChI is InChI=1S/C16H13N2O2.Y/c1-11-5-7-12(8-6-11)16-13(10-15(19)20)18-9-3-2-4-14(18)17-16;/h2,4-9H,10H2,1H3,(H,19,20);/q-1;. The number of hydrogen-bond donors (Lipinski definition) is 1. The molecule has 0 unspecified atom stereocenters. The number of carbonyl (C=O) groups is 1. The van der Waals surface area contributed by atoms with Gasteiger partial charge < -0.3 is 9.51 Å². The first-order valence-electron chi connectivity index (χ1n) is 6.31. The van der Waals surface area contributed by atoms with E-state index < -0.39 is 5.97 Å². The van der Waals surface area contributed by atoms with E-state index in [0.717, 1.165) is 16.8 Å². The first kappa shape index (κ1) is 15.9. The number of aromatic nitrogens is 2. The Balaban J connectivity index is 0.00000161. The van der Waals surface area contributed by atoms with Crippen molar-refractivity contribution in [3.63, 3.8) is 0 Å². The number of aliphatic carboxylic acids is 1. The van der Waals surface area contributed by atoms with Crippen LogP contribution in [0.4, 0.5) is 0 Å². The third-order valence-electron chi connectivity index (χ3n) is 3.21. The summed E-state index contributed by atoms with van der Waals surface area (Å²) in [6.45, 7) is 2.01. The molecular formula is C16H13N2O2Y-. The van der Waals surface area contributed by atoms with Crippen molar-refractivity contribution in [3.05, 3.63) is 59.9 Å². The molecule has 0 atom stereocenters. The largest absolute Gasteiger partial charge is 0.481 e. The zero-order chi connectivity index (χ0) is 14.1. The molecule has 5 heteroatoms. The van der Waals surface area contributed by atoms with E-state index in [1.807, 2.05) is 37.3 Å². The Labute approximate surface area is 147 Å². The summed E-state index contributed by atoms with van der Waals surface area (Å²) >= 11 is 0. The van der Waals surface area contributed by atoms with Gasteiger partial charge in [-0.1, -0.05) is 36.0 Å². The van der Waals surface area contributed by atoms with Gasteiger partial charge in [0, 0.05) is 38.3 Å². The van der Waals surface area contributed by atoms with Gasteiger partial charge in [0.25, 0.3) is 0 Å². The number of pyridine rings is 1. The molecule has 2 aromatic heterocycles. The van der Waals surface area contributed by atoms with Crippen LogP contribution in [0.1, 0.15) is 11.3 Å². The van der Waals surface area contributed by atoms with Gasteiger partial charge in [-0.05, 0) is 6.92 Å². The van der Waals surface area contributed by atoms with Gasteiger partial charge in [-0.25, -0.2) is 17.1 Å². The maximum Gasteiger partial charge on any atom is 0.309 e. The topological polar surface area (TPSA) is 54.6 Å². The summed E-state index contributed by atoms with van der Waals surface area (Å²) in [5, 5.41) is 9.11. The normalized spacial score (nSPS) is 10.3. The van der Waals surface area contributed by atoms with Gasteiger partial charge in [0.15, 0.2) is 0 Å². The summed E-state index contributed by atoms with van der Waals surface area (Å²) in [5.41, 5.74) is 4.21. The Morgan fingerprint density at radius 1 is 1.29 bits per heavy atom. The third-order valence-corrected chi connectivity index (χ3v) is 3.21. The van der Waals surface area contributed by atoms with Crippen LogP contribution in [0.3, 0.4) is 0 Å². The minimum absolute atomic E-state index is 0. The Hall–Kier alpha value is -1.52. The second-order valence-electron chi connectivity index (χ2n) is 4.70. The van der Waals surface area contributed by atoms with E-state index in [0.29, 0.717) is 11.4 Å². The summed E-state index contributed by atoms with van der Waals surface area (Å²) in [6.07, 6.45) is 1.65. The summed E-state index contributed by atoms with van der Waals surface area (Å²) < 4.78 is 1.78. The van der Waals surface area contributed by atoms with E-state index in [9.17, 15) is 4.79 Å². The molecule has 0 fully saturated rings. The van der Waals surface area contributed by atoms with Crippen LogP contribution in [0, 0.1) is 13.0 Å². The Bertz CT molecular complexity index is 779. The van der Waals surface area contributed by atoms with E-state index in [-0.39, 0.29) is 39.1 Å². The zero-order valence-electron chi connectivity index (χ0n) is 11.6. The monoisotopic (exact) mass is 354 g/mol. The Morgan fingerprint density at radius 3 is 2.67 bits per heavy atom. The van der Waals surface area contributed by atoms with Crippen LogP contribution < -0.4 is 0 Å². The number of carboxylic acid groups (broad SMARTS) is 1. The Kier molecular flexibility index (Phi) is 4.91. The molecule has 3 rings (SSSR count). The molecule has 0 spiro atoms. The number of nitrogens with zero attached hydrogens (tertiary/aromatic N) is 2. The van der Waals surface area contributed by atoms with Crippen molar-refractivity contribution in [1.29, 1.82) is 0 Å². The van der Waals surface area contributed by atoms with Crippen LogP contribution in [0.25, 0.3) is 16.9 Å². The molecule has 0 aliphatic carbocycles. The molecule has 4 nitrogen and oxygen atoms in total. The first-order chi connectivity index (χ1) is 9.65. The van der Waals surface area contributed by atoms with Crippen molar-refractivity contribution in [2.75, 3.05) is 0 Å². The van der Waals surface area contributed by atoms with E-state index >= 15 is 0 Å². The summed E-state index contributed by atoms with van der Waals surface area (Å²) in [7, 11) is 0. The predicted octanol–water partition coefficient (Wildman–Crippen LogP) is 2.73. The molecule has 21 heavy (non-hydrogen) atoms. The number of aryl methyl sites for hydroxylation is 1. The molecule has 0 aliphatic rings. The zero-order valence-corrected chi connectivity index (χ0v) is 14.4. The van der Waals surface area contributed by atoms with Crippen LogP contribution in [0.2, 0.25) is 0 Å². The van der Waals surface area contributed by atoms with Gasteiger partial charge >= 0.3 is 5.97 Å². The van der Waals surface area contributed by atoms with Crippen molar-refractivity contribution >= 4 is 11.6 Å². The van der Waals surface area contributed by atoms with Crippen molar-refractivity contribution in [3.8, 4) is 11.3 Å². The number of imidazole rings is 1. The maximum absolute atomic E-state index is 11.1. The quantitative estimate of drug-likeness (QED) is 0.736. The van der Waals surface area contributed by atoms with Crippen LogP contribution in [-0.4, -0.2) is 20.5 Å². The molecule has 3 aromatic rings. The summed E-state index contributed by atoms with van der Waals surface area (Å²) in [4.78, 5) is 15.6. The van der Waals surface area contributed by atoms with E-state index in [4.69, 9.17) is 5.11 Å². The molecule has 0 amide bonds. The van der Waals surface area contributed by atoms with Gasteiger partial charge in [0.2, 0.25) is 0 Å². The van der Waals surface area contributed by atoms with E-state index in [1.165, 1.54) is 0 Å². The SMILES string of the molecule is Cc1ccc(-c2nc3cc[c-]cn3c2CC(=O)O)cc1.[Y]. The molecule has 0 aliphatic heterocycles. The van der Waals surface area contributed by atoms with Gasteiger partial charge in [-0.3, -0.25) is 4.79 Å². The van der Waals surface area contributed by atoms with Crippen molar-refractivity contribution in [1.82, 2.24) is 9.38 Å². The van der Waals surface area contributed by atoms with Gasteiger partial charge in [-0.15, -0.1) is 0 Å². The average Bonchev–Trinajstić information content (AvgIpc) is 2.78. The summed E-state index contributed by atoms with van der Waals surface area (Å²) in [6, 6.07) is 14.5. The molecule has 1 radical (unpaired) electrons. The second-order valence-corrected chi connectivity index (χ2v) is 4.70. The van der Waals surface area contributed by atoms with Crippen LogP contribution in [0.15, 0.2) is 42.6 Å². The average molecular weight is 354 g/mol. The molecule has 2 heterocycles. The van der Waals surface area contributed by atoms with Gasteiger partial charge in [-0.2, -0.15) is 6.07 Å². The predicted molar refractivity (Wildman–Crippen MR) is 75.5 cm³/mol. The smallest absolute Gasteiger partial charge is 0.309 e. The maximum atomic E-state index is 11.1. The van der Waals surface area contributed by atoms with E-state index in [1.54, 1.807) is 16.7 Å². The number of rotatable bonds is 3.